The second-order valence-corrected chi connectivity index (χ2v) is 9.78. The van der Waals surface area contributed by atoms with Crippen molar-refractivity contribution >= 4 is 49.1 Å². The third-order valence-electron chi connectivity index (χ3n) is 5.38. The molecule has 1 amide bonds. The van der Waals surface area contributed by atoms with E-state index in [0.717, 1.165) is 37.3 Å². The molecule has 0 bridgehead atoms. The summed E-state index contributed by atoms with van der Waals surface area (Å²) < 4.78 is 2.39. The fourth-order valence-electron chi connectivity index (χ4n) is 3.67. The molecule has 158 valence electrons. The molecular formula is C24H22BrN3O2S. The van der Waals surface area contributed by atoms with Gasteiger partial charge in [-0.1, -0.05) is 45.8 Å². The standard InChI is InChI=1S/C24H22BrN3O2S/c1-13-5-10-19(14(2)11-13)27-22(29)15(3)28-12-26-23-21(24(28)30)20(16(4)31-23)17-6-8-18(25)9-7-17/h5-12,15H,1-4H3,(H,27,29). The average Bonchev–Trinajstić information content (AvgIpc) is 3.07. The number of rotatable bonds is 4. The molecule has 4 rings (SSSR count). The molecule has 1 unspecified atom stereocenters. The maximum Gasteiger partial charge on any atom is 0.263 e. The fourth-order valence-corrected chi connectivity index (χ4v) is 4.94. The Morgan fingerprint density at radius 2 is 1.84 bits per heavy atom. The lowest BCUT2D eigenvalue weighted by Gasteiger charge is -2.16. The Hall–Kier alpha value is -2.77. The molecule has 0 aliphatic carbocycles. The van der Waals surface area contributed by atoms with Crippen LogP contribution in [0.5, 0.6) is 0 Å². The SMILES string of the molecule is Cc1ccc(NC(=O)C(C)n2cnc3sc(C)c(-c4ccc(Br)cc4)c3c2=O)c(C)c1. The molecule has 4 aromatic rings. The van der Waals surface area contributed by atoms with E-state index in [-0.39, 0.29) is 11.5 Å². The van der Waals surface area contributed by atoms with E-state index < -0.39 is 6.04 Å². The van der Waals surface area contributed by atoms with Crippen molar-refractivity contribution in [1.82, 2.24) is 9.55 Å². The zero-order chi connectivity index (χ0) is 22.3. The lowest BCUT2D eigenvalue weighted by atomic mass is 10.0. The molecule has 0 spiro atoms. The number of anilines is 1. The predicted octanol–water partition coefficient (Wildman–Crippen LogP) is 6.01. The Kier molecular flexibility index (Phi) is 5.81. The van der Waals surface area contributed by atoms with Crippen LogP contribution in [0.4, 0.5) is 5.69 Å². The molecule has 1 N–H and O–H groups in total. The number of thiophene rings is 1. The zero-order valence-corrected chi connectivity index (χ0v) is 20.1. The minimum Gasteiger partial charge on any atom is -0.324 e. The van der Waals surface area contributed by atoms with Crippen molar-refractivity contribution in [1.29, 1.82) is 0 Å². The normalized spacial score (nSPS) is 12.2. The number of aromatic nitrogens is 2. The maximum atomic E-state index is 13.5. The molecule has 0 radical (unpaired) electrons. The van der Waals surface area contributed by atoms with Crippen LogP contribution in [-0.2, 0) is 4.79 Å². The average molecular weight is 496 g/mol. The highest BCUT2D eigenvalue weighted by molar-refractivity contribution is 9.10. The number of hydrogen-bond donors (Lipinski definition) is 1. The van der Waals surface area contributed by atoms with Crippen molar-refractivity contribution in [3.8, 4) is 11.1 Å². The van der Waals surface area contributed by atoms with Gasteiger partial charge in [0.2, 0.25) is 5.91 Å². The van der Waals surface area contributed by atoms with Gasteiger partial charge in [0.05, 0.1) is 11.7 Å². The number of benzene rings is 2. The molecule has 0 aliphatic heterocycles. The van der Waals surface area contributed by atoms with E-state index in [1.165, 1.54) is 22.2 Å². The van der Waals surface area contributed by atoms with E-state index in [4.69, 9.17) is 0 Å². The first-order valence-corrected chi connectivity index (χ1v) is 11.5. The van der Waals surface area contributed by atoms with Crippen LogP contribution in [0.15, 0.2) is 58.1 Å². The molecule has 0 saturated heterocycles. The Morgan fingerprint density at radius 1 is 1.13 bits per heavy atom. The van der Waals surface area contributed by atoms with Crippen molar-refractivity contribution in [2.45, 2.75) is 33.7 Å². The van der Waals surface area contributed by atoms with Crippen LogP contribution < -0.4 is 10.9 Å². The number of amides is 1. The van der Waals surface area contributed by atoms with Gasteiger partial charge < -0.3 is 5.32 Å². The van der Waals surface area contributed by atoms with Crippen molar-refractivity contribution in [3.63, 3.8) is 0 Å². The molecule has 5 nitrogen and oxygen atoms in total. The van der Waals surface area contributed by atoms with Gasteiger partial charge in [0.1, 0.15) is 10.9 Å². The number of nitrogens with one attached hydrogen (secondary N) is 1. The van der Waals surface area contributed by atoms with Crippen LogP contribution in [0.3, 0.4) is 0 Å². The van der Waals surface area contributed by atoms with Gasteiger partial charge in [-0.25, -0.2) is 4.98 Å². The van der Waals surface area contributed by atoms with Crippen LogP contribution in [0.2, 0.25) is 0 Å². The van der Waals surface area contributed by atoms with Crippen molar-refractivity contribution in [3.05, 3.63) is 79.6 Å². The third kappa shape index (κ3) is 4.07. The highest BCUT2D eigenvalue weighted by Crippen LogP contribution is 2.36. The molecule has 31 heavy (non-hydrogen) atoms. The first-order valence-electron chi connectivity index (χ1n) is 9.90. The number of aryl methyl sites for hydroxylation is 3. The molecule has 2 aromatic carbocycles. The van der Waals surface area contributed by atoms with E-state index >= 15 is 0 Å². The summed E-state index contributed by atoms with van der Waals surface area (Å²) in [5, 5.41) is 3.49. The lowest BCUT2D eigenvalue weighted by molar-refractivity contribution is -0.118. The number of hydrogen-bond acceptors (Lipinski definition) is 4. The van der Waals surface area contributed by atoms with E-state index in [1.807, 2.05) is 63.2 Å². The molecule has 2 aromatic heterocycles. The number of carbonyl (C=O) groups excluding carboxylic acids is 1. The Labute approximate surface area is 192 Å². The quantitative estimate of drug-likeness (QED) is 0.376. The van der Waals surface area contributed by atoms with Gasteiger partial charge in [-0.15, -0.1) is 11.3 Å². The Bertz CT molecular complexity index is 1360. The highest BCUT2D eigenvalue weighted by Gasteiger charge is 2.22. The summed E-state index contributed by atoms with van der Waals surface area (Å²) in [6.45, 7) is 7.66. The van der Waals surface area contributed by atoms with Crippen LogP contribution in [0.25, 0.3) is 21.3 Å². The highest BCUT2D eigenvalue weighted by atomic mass is 79.9. The predicted molar refractivity (Wildman–Crippen MR) is 131 cm³/mol. The number of fused-ring (bicyclic) bond motifs is 1. The minimum atomic E-state index is -0.705. The summed E-state index contributed by atoms with van der Waals surface area (Å²) >= 11 is 4.94. The minimum absolute atomic E-state index is 0.212. The van der Waals surface area contributed by atoms with E-state index in [2.05, 4.69) is 26.2 Å². The summed E-state index contributed by atoms with van der Waals surface area (Å²) in [6, 6.07) is 13.0. The number of halogens is 1. The smallest absolute Gasteiger partial charge is 0.263 e. The molecule has 0 saturated carbocycles. The monoisotopic (exact) mass is 495 g/mol. The molecular weight excluding hydrogens is 474 g/mol. The van der Waals surface area contributed by atoms with Crippen LogP contribution in [-0.4, -0.2) is 15.5 Å². The van der Waals surface area contributed by atoms with Gasteiger partial charge in [0.25, 0.3) is 5.56 Å². The number of carbonyl (C=O) groups is 1. The molecule has 0 fully saturated rings. The number of nitrogens with zero attached hydrogens (tertiary/aromatic N) is 2. The topological polar surface area (TPSA) is 64.0 Å². The Morgan fingerprint density at radius 3 is 2.52 bits per heavy atom. The lowest BCUT2D eigenvalue weighted by Crippen LogP contribution is -2.31. The van der Waals surface area contributed by atoms with Crippen molar-refractivity contribution < 1.29 is 4.79 Å². The van der Waals surface area contributed by atoms with Gasteiger partial charge in [0.15, 0.2) is 0 Å². The van der Waals surface area contributed by atoms with Crippen molar-refractivity contribution in [2.75, 3.05) is 5.32 Å². The van der Waals surface area contributed by atoms with E-state index in [0.29, 0.717) is 10.2 Å². The molecule has 0 aliphatic rings. The summed E-state index contributed by atoms with van der Waals surface area (Å²) in [5.41, 5.74) is 4.47. The van der Waals surface area contributed by atoms with E-state index in [9.17, 15) is 9.59 Å². The third-order valence-corrected chi connectivity index (χ3v) is 6.92. The van der Waals surface area contributed by atoms with Crippen molar-refractivity contribution in [2.24, 2.45) is 0 Å². The van der Waals surface area contributed by atoms with Gasteiger partial charge in [-0.2, -0.15) is 0 Å². The summed E-state index contributed by atoms with van der Waals surface area (Å²) in [7, 11) is 0. The van der Waals surface area contributed by atoms with Crippen LogP contribution >= 0.6 is 27.3 Å². The second kappa shape index (κ2) is 8.40. The first-order chi connectivity index (χ1) is 14.8. The first kappa shape index (κ1) is 21.5. The summed E-state index contributed by atoms with van der Waals surface area (Å²) in [5.74, 6) is -0.257. The molecule has 1 atom stereocenters. The van der Waals surface area contributed by atoms with Gasteiger partial charge in [0, 0.05) is 20.6 Å². The van der Waals surface area contributed by atoms with Gasteiger partial charge in [-0.05, 0) is 57.0 Å². The van der Waals surface area contributed by atoms with Gasteiger partial charge >= 0.3 is 0 Å². The fraction of sp³-hybridized carbons (Fsp3) is 0.208. The maximum absolute atomic E-state index is 13.5. The largest absolute Gasteiger partial charge is 0.324 e. The Balaban J connectivity index is 1.75. The molecule has 7 heteroatoms. The van der Waals surface area contributed by atoms with Crippen LogP contribution in [0.1, 0.15) is 29.0 Å². The summed E-state index contributed by atoms with van der Waals surface area (Å²) in [6.07, 6.45) is 1.47. The zero-order valence-electron chi connectivity index (χ0n) is 17.7. The van der Waals surface area contributed by atoms with Crippen LogP contribution in [0, 0.1) is 20.8 Å². The van der Waals surface area contributed by atoms with Gasteiger partial charge in [-0.3, -0.25) is 14.2 Å². The molecule has 2 heterocycles. The summed E-state index contributed by atoms with van der Waals surface area (Å²) in [4.78, 5) is 32.6. The van der Waals surface area contributed by atoms with E-state index in [1.54, 1.807) is 6.92 Å². The second-order valence-electron chi connectivity index (χ2n) is 7.66.